The summed E-state index contributed by atoms with van der Waals surface area (Å²) < 4.78 is 0. The number of ketones is 1. The summed E-state index contributed by atoms with van der Waals surface area (Å²) in [7, 11) is 3.91. The Morgan fingerprint density at radius 2 is 1.89 bits per heavy atom. The number of hydrogen-bond acceptors (Lipinski definition) is 3. The van der Waals surface area contributed by atoms with Crippen molar-refractivity contribution < 1.29 is 4.79 Å². The van der Waals surface area contributed by atoms with Crippen LogP contribution in [0.3, 0.4) is 0 Å². The molecule has 0 unspecified atom stereocenters. The standard InChI is InChI=1S/C15H16N2O/c1-11-7-8-13(10-16-11)15(18)12-5-4-6-14(9-12)17(2)3/h4-10H,1-3H3. The van der Waals surface area contributed by atoms with Crippen molar-refractivity contribution >= 4 is 11.5 Å². The van der Waals surface area contributed by atoms with Crippen molar-refractivity contribution in [3.63, 3.8) is 0 Å². The summed E-state index contributed by atoms with van der Waals surface area (Å²) in [6.45, 7) is 1.90. The van der Waals surface area contributed by atoms with Crippen molar-refractivity contribution in [3.8, 4) is 0 Å². The molecular formula is C15H16N2O. The van der Waals surface area contributed by atoms with Gasteiger partial charge in [0.1, 0.15) is 0 Å². The third-order valence-corrected chi connectivity index (χ3v) is 2.80. The van der Waals surface area contributed by atoms with Gasteiger partial charge in [0.15, 0.2) is 5.78 Å². The van der Waals surface area contributed by atoms with Gasteiger partial charge in [-0.15, -0.1) is 0 Å². The molecule has 0 amide bonds. The second-order valence-electron chi connectivity index (χ2n) is 4.46. The van der Waals surface area contributed by atoms with Crippen LogP contribution in [0.1, 0.15) is 21.6 Å². The Hall–Kier alpha value is -2.16. The van der Waals surface area contributed by atoms with Crippen molar-refractivity contribution in [2.45, 2.75) is 6.92 Å². The predicted molar refractivity (Wildman–Crippen MR) is 73.2 cm³/mol. The minimum atomic E-state index is 0.00574. The van der Waals surface area contributed by atoms with E-state index in [9.17, 15) is 4.79 Å². The molecule has 1 aromatic carbocycles. The molecule has 3 heteroatoms. The Kier molecular flexibility index (Phi) is 3.42. The average molecular weight is 240 g/mol. The molecule has 3 nitrogen and oxygen atoms in total. The third-order valence-electron chi connectivity index (χ3n) is 2.80. The largest absolute Gasteiger partial charge is 0.378 e. The average Bonchev–Trinajstić information content (AvgIpc) is 2.39. The van der Waals surface area contributed by atoms with E-state index in [1.165, 1.54) is 0 Å². The van der Waals surface area contributed by atoms with Gasteiger partial charge in [-0.25, -0.2) is 0 Å². The highest BCUT2D eigenvalue weighted by Gasteiger charge is 2.10. The summed E-state index contributed by atoms with van der Waals surface area (Å²) in [5.41, 5.74) is 3.23. The van der Waals surface area contributed by atoms with E-state index >= 15 is 0 Å². The van der Waals surface area contributed by atoms with Crippen LogP contribution in [-0.2, 0) is 0 Å². The lowest BCUT2D eigenvalue weighted by molar-refractivity contribution is 0.103. The van der Waals surface area contributed by atoms with Crippen LogP contribution in [0.25, 0.3) is 0 Å². The number of aryl methyl sites for hydroxylation is 1. The van der Waals surface area contributed by atoms with Gasteiger partial charge in [0, 0.05) is 42.8 Å². The normalized spacial score (nSPS) is 10.2. The molecule has 1 heterocycles. The molecule has 0 atom stereocenters. The van der Waals surface area contributed by atoms with E-state index in [0.717, 1.165) is 11.4 Å². The summed E-state index contributed by atoms with van der Waals surface area (Å²) in [4.78, 5) is 18.4. The molecule has 0 saturated heterocycles. The zero-order chi connectivity index (χ0) is 13.1. The van der Waals surface area contributed by atoms with Gasteiger partial charge in [0.2, 0.25) is 0 Å². The van der Waals surface area contributed by atoms with E-state index in [-0.39, 0.29) is 5.78 Å². The molecule has 2 rings (SSSR count). The number of pyridine rings is 1. The van der Waals surface area contributed by atoms with E-state index < -0.39 is 0 Å². The number of aromatic nitrogens is 1. The lowest BCUT2D eigenvalue weighted by Gasteiger charge is -2.13. The van der Waals surface area contributed by atoms with Gasteiger partial charge in [-0.1, -0.05) is 12.1 Å². The summed E-state index contributed by atoms with van der Waals surface area (Å²) >= 11 is 0. The van der Waals surface area contributed by atoms with Crippen LogP contribution >= 0.6 is 0 Å². The van der Waals surface area contributed by atoms with E-state index in [4.69, 9.17) is 0 Å². The first kappa shape index (κ1) is 12.3. The summed E-state index contributed by atoms with van der Waals surface area (Å²) in [6.07, 6.45) is 1.62. The molecule has 92 valence electrons. The van der Waals surface area contributed by atoms with Crippen molar-refractivity contribution in [1.29, 1.82) is 0 Å². The fourth-order valence-electron chi connectivity index (χ4n) is 1.69. The van der Waals surface area contributed by atoms with Crippen molar-refractivity contribution in [1.82, 2.24) is 4.98 Å². The lowest BCUT2D eigenvalue weighted by Crippen LogP contribution is -2.10. The summed E-state index contributed by atoms with van der Waals surface area (Å²) in [5.74, 6) is 0.00574. The van der Waals surface area contributed by atoms with Crippen molar-refractivity contribution in [2.75, 3.05) is 19.0 Å². The van der Waals surface area contributed by atoms with E-state index in [1.807, 2.05) is 62.3 Å². The predicted octanol–water partition coefficient (Wildman–Crippen LogP) is 2.69. The molecule has 0 bridgehead atoms. The molecule has 0 radical (unpaired) electrons. The molecule has 0 aliphatic carbocycles. The molecule has 0 aliphatic rings. The Labute approximate surface area is 107 Å². The number of hydrogen-bond donors (Lipinski definition) is 0. The number of benzene rings is 1. The van der Waals surface area contributed by atoms with Crippen LogP contribution in [-0.4, -0.2) is 24.9 Å². The summed E-state index contributed by atoms with van der Waals surface area (Å²) in [6, 6.07) is 11.3. The Morgan fingerprint density at radius 3 is 2.50 bits per heavy atom. The second-order valence-corrected chi connectivity index (χ2v) is 4.46. The van der Waals surface area contributed by atoms with E-state index in [0.29, 0.717) is 11.1 Å². The number of anilines is 1. The van der Waals surface area contributed by atoms with Crippen LogP contribution in [0.2, 0.25) is 0 Å². The summed E-state index contributed by atoms with van der Waals surface area (Å²) in [5, 5.41) is 0. The first-order chi connectivity index (χ1) is 8.58. The molecule has 0 spiro atoms. The molecular weight excluding hydrogens is 224 g/mol. The Morgan fingerprint density at radius 1 is 1.11 bits per heavy atom. The number of carbonyl (C=O) groups excluding carboxylic acids is 1. The fourth-order valence-corrected chi connectivity index (χ4v) is 1.69. The zero-order valence-electron chi connectivity index (χ0n) is 10.8. The quantitative estimate of drug-likeness (QED) is 0.773. The van der Waals surface area contributed by atoms with Crippen LogP contribution in [0, 0.1) is 6.92 Å². The zero-order valence-corrected chi connectivity index (χ0v) is 10.8. The van der Waals surface area contributed by atoms with Gasteiger partial charge < -0.3 is 4.90 Å². The minimum absolute atomic E-state index is 0.00574. The van der Waals surface area contributed by atoms with Crippen LogP contribution in [0.15, 0.2) is 42.6 Å². The maximum atomic E-state index is 12.3. The van der Waals surface area contributed by atoms with Gasteiger partial charge in [-0.3, -0.25) is 9.78 Å². The molecule has 18 heavy (non-hydrogen) atoms. The highest BCUT2D eigenvalue weighted by atomic mass is 16.1. The van der Waals surface area contributed by atoms with Gasteiger partial charge in [0.05, 0.1) is 0 Å². The molecule has 0 saturated carbocycles. The number of nitrogens with zero attached hydrogens (tertiary/aromatic N) is 2. The highest BCUT2D eigenvalue weighted by Crippen LogP contribution is 2.16. The minimum Gasteiger partial charge on any atom is -0.378 e. The van der Waals surface area contributed by atoms with Crippen molar-refractivity contribution in [3.05, 3.63) is 59.4 Å². The van der Waals surface area contributed by atoms with Gasteiger partial charge in [-0.2, -0.15) is 0 Å². The lowest BCUT2D eigenvalue weighted by atomic mass is 10.0. The molecule has 2 aromatic rings. The van der Waals surface area contributed by atoms with Crippen LogP contribution in [0.4, 0.5) is 5.69 Å². The molecule has 0 N–H and O–H groups in total. The smallest absolute Gasteiger partial charge is 0.194 e. The molecule has 0 aliphatic heterocycles. The topological polar surface area (TPSA) is 33.2 Å². The first-order valence-corrected chi connectivity index (χ1v) is 5.82. The Balaban J connectivity index is 2.34. The highest BCUT2D eigenvalue weighted by molar-refractivity contribution is 6.09. The number of carbonyl (C=O) groups is 1. The van der Waals surface area contributed by atoms with Crippen LogP contribution < -0.4 is 4.90 Å². The maximum absolute atomic E-state index is 12.3. The fraction of sp³-hybridized carbons (Fsp3) is 0.200. The first-order valence-electron chi connectivity index (χ1n) is 5.82. The number of rotatable bonds is 3. The van der Waals surface area contributed by atoms with Gasteiger partial charge in [0.25, 0.3) is 0 Å². The monoisotopic (exact) mass is 240 g/mol. The molecule has 0 fully saturated rings. The third kappa shape index (κ3) is 2.56. The van der Waals surface area contributed by atoms with Gasteiger partial charge in [-0.05, 0) is 31.2 Å². The van der Waals surface area contributed by atoms with Crippen LogP contribution in [0.5, 0.6) is 0 Å². The van der Waals surface area contributed by atoms with Gasteiger partial charge >= 0.3 is 0 Å². The molecule has 1 aromatic heterocycles. The van der Waals surface area contributed by atoms with Crippen molar-refractivity contribution in [2.24, 2.45) is 0 Å². The van der Waals surface area contributed by atoms with E-state index in [1.54, 1.807) is 6.20 Å². The van der Waals surface area contributed by atoms with E-state index in [2.05, 4.69) is 4.98 Å². The maximum Gasteiger partial charge on any atom is 0.194 e. The second kappa shape index (κ2) is 5.00. The SMILES string of the molecule is Cc1ccc(C(=O)c2cccc(N(C)C)c2)cn1. The Bertz CT molecular complexity index is 559.